The highest BCUT2D eigenvalue weighted by molar-refractivity contribution is 5.84. The number of fused-ring (bicyclic) bond motifs is 1. The van der Waals surface area contributed by atoms with Gasteiger partial charge in [0.15, 0.2) is 0 Å². The van der Waals surface area contributed by atoms with Crippen LogP contribution in [0.1, 0.15) is 22.3 Å². The molecule has 0 aromatic heterocycles. The molecule has 1 aliphatic rings. The van der Waals surface area contributed by atoms with Crippen molar-refractivity contribution in [3.8, 4) is 0 Å². The summed E-state index contributed by atoms with van der Waals surface area (Å²) in [5.74, 6) is -0.00178. The van der Waals surface area contributed by atoms with E-state index >= 15 is 0 Å². The zero-order chi connectivity index (χ0) is 14.1. The molecule has 3 rings (SSSR count). The lowest BCUT2D eigenvalue weighted by atomic mass is 9.93. The number of hydrogen-bond donors (Lipinski definition) is 0. The molecule has 2 aromatic carbocycles. The molecule has 0 saturated carbocycles. The highest BCUT2D eigenvalue weighted by Gasteiger charge is 2.27. The van der Waals surface area contributed by atoms with Gasteiger partial charge in [0.25, 0.3) is 0 Å². The fraction of sp³-hybridized carbons (Fsp3) is 0.278. The second-order valence-electron chi connectivity index (χ2n) is 5.59. The van der Waals surface area contributed by atoms with E-state index in [0.29, 0.717) is 6.42 Å². The Kier molecular flexibility index (Phi) is 3.39. The number of Topliss-reactive ketones (excluding diaryl/α,β-unsaturated/α-hetero) is 1. The molecule has 1 aliphatic carbocycles. The summed E-state index contributed by atoms with van der Waals surface area (Å²) in [4.78, 5) is 12.4. The van der Waals surface area contributed by atoms with Crippen molar-refractivity contribution in [3.05, 3.63) is 70.5 Å². The van der Waals surface area contributed by atoms with Gasteiger partial charge in [-0.15, -0.1) is 0 Å². The van der Waals surface area contributed by atoms with Crippen LogP contribution in [0.5, 0.6) is 0 Å². The van der Waals surface area contributed by atoms with Crippen molar-refractivity contribution in [2.75, 3.05) is 0 Å². The lowest BCUT2D eigenvalue weighted by Crippen LogP contribution is -2.17. The molecule has 102 valence electrons. The summed E-state index contributed by atoms with van der Waals surface area (Å²) in [5.41, 5.74) is 4.35. The van der Waals surface area contributed by atoms with Crippen LogP contribution >= 0.6 is 0 Å². The zero-order valence-electron chi connectivity index (χ0n) is 11.5. The van der Waals surface area contributed by atoms with Gasteiger partial charge in [-0.05, 0) is 54.2 Å². The molecule has 0 aliphatic heterocycles. The summed E-state index contributed by atoms with van der Waals surface area (Å²) in [7, 11) is 0. The van der Waals surface area contributed by atoms with Gasteiger partial charge in [0.05, 0.1) is 0 Å². The van der Waals surface area contributed by atoms with E-state index in [4.69, 9.17) is 0 Å². The Morgan fingerprint density at radius 1 is 1.15 bits per heavy atom. The van der Waals surface area contributed by atoms with Gasteiger partial charge in [-0.3, -0.25) is 4.79 Å². The van der Waals surface area contributed by atoms with Crippen molar-refractivity contribution in [2.24, 2.45) is 5.92 Å². The van der Waals surface area contributed by atoms with E-state index in [2.05, 4.69) is 12.1 Å². The predicted octanol–water partition coefficient (Wildman–Crippen LogP) is 3.66. The average molecular weight is 268 g/mol. The van der Waals surface area contributed by atoms with Crippen molar-refractivity contribution < 1.29 is 9.18 Å². The monoisotopic (exact) mass is 268 g/mol. The van der Waals surface area contributed by atoms with E-state index in [-0.39, 0.29) is 17.5 Å². The third-order valence-electron chi connectivity index (χ3n) is 4.18. The van der Waals surface area contributed by atoms with Gasteiger partial charge in [-0.1, -0.05) is 30.3 Å². The summed E-state index contributed by atoms with van der Waals surface area (Å²) in [6.45, 7) is 1.92. The molecule has 0 radical (unpaired) electrons. The molecule has 2 aromatic rings. The average Bonchev–Trinajstić information content (AvgIpc) is 2.87. The lowest BCUT2D eigenvalue weighted by molar-refractivity contribution is -0.121. The third kappa shape index (κ3) is 2.51. The molecular formula is C18H17FO. The summed E-state index contributed by atoms with van der Waals surface area (Å²) >= 11 is 0. The second kappa shape index (κ2) is 5.20. The maximum absolute atomic E-state index is 13.3. The van der Waals surface area contributed by atoms with Crippen LogP contribution in [0.25, 0.3) is 0 Å². The molecule has 0 N–H and O–H groups in total. The first-order chi connectivity index (χ1) is 9.63. The van der Waals surface area contributed by atoms with E-state index < -0.39 is 0 Å². The van der Waals surface area contributed by atoms with Crippen LogP contribution in [-0.2, 0) is 24.1 Å². The van der Waals surface area contributed by atoms with E-state index in [9.17, 15) is 9.18 Å². The number of rotatable bonds is 3. The van der Waals surface area contributed by atoms with Crippen LogP contribution in [0, 0.1) is 18.7 Å². The van der Waals surface area contributed by atoms with Gasteiger partial charge in [-0.2, -0.15) is 0 Å². The summed E-state index contributed by atoms with van der Waals surface area (Å²) in [5, 5.41) is 0. The number of carbonyl (C=O) groups excluding carboxylic acids is 1. The van der Waals surface area contributed by atoms with Crippen LogP contribution < -0.4 is 0 Å². The van der Waals surface area contributed by atoms with Crippen LogP contribution in [-0.4, -0.2) is 5.78 Å². The van der Waals surface area contributed by atoms with E-state index in [1.165, 1.54) is 23.3 Å². The van der Waals surface area contributed by atoms with Crippen LogP contribution in [0.2, 0.25) is 0 Å². The second-order valence-corrected chi connectivity index (χ2v) is 5.59. The highest BCUT2D eigenvalue weighted by atomic mass is 19.1. The normalized spacial score (nSPS) is 14.3. The predicted molar refractivity (Wildman–Crippen MR) is 77.2 cm³/mol. The van der Waals surface area contributed by atoms with Crippen LogP contribution in [0.3, 0.4) is 0 Å². The third-order valence-corrected chi connectivity index (χ3v) is 4.18. The van der Waals surface area contributed by atoms with Gasteiger partial charge in [0.2, 0.25) is 0 Å². The van der Waals surface area contributed by atoms with Crippen molar-refractivity contribution in [2.45, 2.75) is 26.2 Å². The lowest BCUT2D eigenvalue weighted by Gasteiger charge is -2.10. The highest BCUT2D eigenvalue weighted by Crippen LogP contribution is 2.28. The molecule has 1 nitrogen and oxygen atoms in total. The van der Waals surface area contributed by atoms with Gasteiger partial charge in [0.1, 0.15) is 11.6 Å². The molecule has 0 amide bonds. The minimum Gasteiger partial charge on any atom is -0.299 e. The molecule has 0 atom stereocenters. The first-order valence-corrected chi connectivity index (χ1v) is 6.98. The van der Waals surface area contributed by atoms with Crippen molar-refractivity contribution in [1.82, 2.24) is 0 Å². The molecule has 0 heterocycles. The first kappa shape index (κ1) is 13.0. The van der Waals surface area contributed by atoms with Crippen LogP contribution in [0.15, 0.2) is 42.5 Å². The van der Waals surface area contributed by atoms with Gasteiger partial charge >= 0.3 is 0 Å². The summed E-state index contributed by atoms with van der Waals surface area (Å²) in [6.07, 6.45) is 1.98. The summed E-state index contributed by atoms with van der Waals surface area (Å²) < 4.78 is 13.3. The largest absolute Gasteiger partial charge is 0.299 e. The molecule has 0 spiro atoms. The Morgan fingerprint density at radius 3 is 2.45 bits per heavy atom. The van der Waals surface area contributed by atoms with Gasteiger partial charge < -0.3 is 0 Å². The van der Waals surface area contributed by atoms with Crippen molar-refractivity contribution in [3.63, 3.8) is 0 Å². The Balaban J connectivity index is 1.74. The molecule has 0 fully saturated rings. The standard InChI is InChI=1S/C18H17FO/c1-12-6-7-17(19)10-15(12)11-18(20)16-8-13-4-2-3-5-14(13)9-16/h2-7,10,16H,8-9,11H2,1H3. The Hall–Kier alpha value is -1.96. The van der Waals surface area contributed by atoms with Gasteiger partial charge in [0, 0.05) is 12.3 Å². The molecule has 0 unspecified atom stereocenters. The fourth-order valence-corrected chi connectivity index (χ4v) is 2.95. The Bertz CT molecular complexity index is 635. The number of benzene rings is 2. The number of hydrogen-bond acceptors (Lipinski definition) is 1. The number of carbonyl (C=O) groups is 1. The Labute approximate surface area is 118 Å². The van der Waals surface area contributed by atoms with E-state index in [1.807, 2.05) is 19.1 Å². The minimum atomic E-state index is -0.270. The Morgan fingerprint density at radius 2 is 1.80 bits per heavy atom. The SMILES string of the molecule is Cc1ccc(F)cc1CC(=O)C1Cc2ccccc2C1. The molecule has 2 heteroatoms. The number of aryl methyl sites for hydroxylation is 1. The van der Waals surface area contributed by atoms with E-state index in [1.54, 1.807) is 6.07 Å². The molecule has 20 heavy (non-hydrogen) atoms. The van der Waals surface area contributed by atoms with Crippen molar-refractivity contribution in [1.29, 1.82) is 0 Å². The zero-order valence-corrected chi connectivity index (χ0v) is 11.5. The quantitative estimate of drug-likeness (QED) is 0.830. The maximum atomic E-state index is 13.3. The molecule has 0 bridgehead atoms. The first-order valence-electron chi connectivity index (χ1n) is 6.98. The maximum Gasteiger partial charge on any atom is 0.141 e. The van der Waals surface area contributed by atoms with Gasteiger partial charge in [-0.25, -0.2) is 4.39 Å². The van der Waals surface area contributed by atoms with Crippen LogP contribution in [0.4, 0.5) is 4.39 Å². The van der Waals surface area contributed by atoms with Crippen molar-refractivity contribution >= 4 is 5.78 Å². The number of ketones is 1. The number of halogens is 1. The van der Waals surface area contributed by atoms with E-state index in [0.717, 1.165) is 24.0 Å². The topological polar surface area (TPSA) is 17.1 Å². The smallest absolute Gasteiger partial charge is 0.141 e. The molecular weight excluding hydrogens is 251 g/mol. The molecule has 0 saturated heterocycles. The fourth-order valence-electron chi connectivity index (χ4n) is 2.95. The minimum absolute atomic E-state index is 0.0510. The summed E-state index contributed by atoms with van der Waals surface area (Å²) in [6, 6.07) is 12.9.